The summed E-state index contributed by atoms with van der Waals surface area (Å²) in [5.41, 5.74) is 1.82. The molecule has 4 nitrogen and oxygen atoms in total. The molecule has 21 heavy (non-hydrogen) atoms. The van der Waals surface area contributed by atoms with Crippen molar-refractivity contribution < 1.29 is 14.3 Å². The summed E-state index contributed by atoms with van der Waals surface area (Å²) in [6, 6.07) is 7.16. The van der Waals surface area contributed by atoms with Crippen LogP contribution in [0, 0.1) is 0 Å². The SMILES string of the molecule is CCc1cccnc1C(=O)c1ccc(OC)c(Br)c1OC. The summed E-state index contributed by atoms with van der Waals surface area (Å²) < 4.78 is 11.2. The molecule has 0 unspecified atom stereocenters. The van der Waals surface area contributed by atoms with Crippen LogP contribution in [0.3, 0.4) is 0 Å². The van der Waals surface area contributed by atoms with Crippen LogP contribution in [-0.4, -0.2) is 25.0 Å². The van der Waals surface area contributed by atoms with Crippen LogP contribution < -0.4 is 9.47 Å². The van der Waals surface area contributed by atoms with Gasteiger partial charge in [-0.3, -0.25) is 9.78 Å². The van der Waals surface area contributed by atoms with E-state index in [4.69, 9.17) is 9.47 Å². The fourth-order valence-corrected chi connectivity index (χ4v) is 2.80. The first-order valence-electron chi connectivity index (χ1n) is 6.53. The molecule has 0 aliphatic heterocycles. The zero-order valence-corrected chi connectivity index (χ0v) is 13.7. The third-order valence-corrected chi connectivity index (χ3v) is 3.97. The van der Waals surface area contributed by atoms with Gasteiger partial charge in [0.15, 0.2) is 0 Å². The molecule has 0 aliphatic carbocycles. The number of halogens is 1. The fourth-order valence-electron chi connectivity index (χ4n) is 2.13. The highest BCUT2D eigenvalue weighted by molar-refractivity contribution is 9.10. The van der Waals surface area contributed by atoms with E-state index in [-0.39, 0.29) is 5.78 Å². The van der Waals surface area contributed by atoms with Gasteiger partial charge in [-0.15, -0.1) is 0 Å². The quantitative estimate of drug-likeness (QED) is 0.773. The maximum atomic E-state index is 12.8. The number of methoxy groups -OCH3 is 2. The van der Waals surface area contributed by atoms with Crippen LogP contribution in [-0.2, 0) is 6.42 Å². The lowest BCUT2D eigenvalue weighted by molar-refractivity contribution is 0.103. The van der Waals surface area contributed by atoms with Gasteiger partial charge in [-0.2, -0.15) is 0 Å². The summed E-state index contributed by atoms with van der Waals surface area (Å²) in [6.45, 7) is 2.00. The lowest BCUT2D eigenvalue weighted by Gasteiger charge is -2.13. The number of hydrogen-bond donors (Lipinski definition) is 0. The number of rotatable bonds is 5. The van der Waals surface area contributed by atoms with Gasteiger partial charge in [-0.1, -0.05) is 13.0 Å². The number of nitrogens with zero attached hydrogens (tertiary/aromatic N) is 1. The van der Waals surface area contributed by atoms with Crippen molar-refractivity contribution in [2.75, 3.05) is 14.2 Å². The average Bonchev–Trinajstić information content (AvgIpc) is 2.53. The fraction of sp³-hybridized carbons (Fsp3) is 0.250. The van der Waals surface area contributed by atoms with Crippen LogP contribution in [0.5, 0.6) is 11.5 Å². The van der Waals surface area contributed by atoms with Crippen LogP contribution in [0.25, 0.3) is 0 Å². The van der Waals surface area contributed by atoms with Gasteiger partial charge in [0.05, 0.1) is 19.8 Å². The van der Waals surface area contributed by atoms with Gasteiger partial charge >= 0.3 is 0 Å². The van der Waals surface area contributed by atoms with E-state index in [0.717, 1.165) is 12.0 Å². The van der Waals surface area contributed by atoms with E-state index in [1.807, 2.05) is 19.1 Å². The van der Waals surface area contributed by atoms with Crippen LogP contribution >= 0.6 is 15.9 Å². The van der Waals surface area contributed by atoms with Gasteiger partial charge in [0, 0.05) is 6.20 Å². The van der Waals surface area contributed by atoms with E-state index in [1.165, 1.54) is 7.11 Å². The van der Waals surface area contributed by atoms with Gasteiger partial charge in [-0.05, 0) is 46.1 Å². The first-order valence-corrected chi connectivity index (χ1v) is 7.32. The molecule has 0 amide bonds. The van der Waals surface area contributed by atoms with Crippen molar-refractivity contribution in [2.45, 2.75) is 13.3 Å². The first kappa shape index (κ1) is 15.5. The zero-order chi connectivity index (χ0) is 15.4. The number of benzene rings is 1. The lowest BCUT2D eigenvalue weighted by atomic mass is 10.0. The minimum Gasteiger partial charge on any atom is -0.495 e. The topological polar surface area (TPSA) is 48.4 Å². The second-order valence-corrected chi connectivity index (χ2v) is 5.15. The number of ketones is 1. The molecule has 110 valence electrons. The molecule has 0 saturated heterocycles. The van der Waals surface area contributed by atoms with Crippen LogP contribution in [0.1, 0.15) is 28.5 Å². The van der Waals surface area contributed by atoms with E-state index < -0.39 is 0 Å². The highest BCUT2D eigenvalue weighted by Gasteiger charge is 2.21. The highest BCUT2D eigenvalue weighted by atomic mass is 79.9. The van der Waals surface area contributed by atoms with Gasteiger partial charge in [0.25, 0.3) is 0 Å². The largest absolute Gasteiger partial charge is 0.495 e. The molecule has 1 aromatic heterocycles. The molecule has 0 radical (unpaired) electrons. The summed E-state index contributed by atoms with van der Waals surface area (Å²) in [5, 5.41) is 0. The Morgan fingerprint density at radius 2 is 2.00 bits per heavy atom. The molecule has 5 heteroatoms. The monoisotopic (exact) mass is 349 g/mol. The van der Waals surface area contributed by atoms with Gasteiger partial charge in [-0.25, -0.2) is 0 Å². The van der Waals surface area contributed by atoms with Crippen molar-refractivity contribution in [1.29, 1.82) is 0 Å². The Labute approximate surface area is 132 Å². The zero-order valence-electron chi connectivity index (χ0n) is 12.1. The maximum absolute atomic E-state index is 12.8. The lowest BCUT2D eigenvalue weighted by Crippen LogP contribution is -2.10. The number of aryl methyl sites for hydroxylation is 1. The van der Waals surface area contributed by atoms with E-state index >= 15 is 0 Å². The summed E-state index contributed by atoms with van der Waals surface area (Å²) in [5.74, 6) is 0.903. The molecule has 0 bridgehead atoms. The molecule has 0 atom stereocenters. The summed E-state index contributed by atoms with van der Waals surface area (Å²) >= 11 is 3.41. The van der Waals surface area contributed by atoms with Crippen LogP contribution in [0.4, 0.5) is 0 Å². The first-order chi connectivity index (χ1) is 10.1. The molecular weight excluding hydrogens is 334 g/mol. The molecule has 2 aromatic rings. The minimum absolute atomic E-state index is 0.160. The predicted octanol–water partition coefficient (Wildman–Crippen LogP) is 3.65. The molecule has 0 N–H and O–H groups in total. The Balaban J connectivity index is 2.56. The van der Waals surface area contributed by atoms with Crippen molar-refractivity contribution >= 4 is 21.7 Å². The molecule has 0 fully saturated rings. The third kappa shape index (κ3) is 2.93. The molecule has 0 spiro atoms. The summed E-state index contributed by atoms with van der Waals surface area (Å²) in [7, 11) is 3.09. The number of carbonyl (C=O) groups is 1. The Morgan fingerprint density at radius 1 is 1.24 bits per heavy atom. The number of hydrogen-bond acceptors (Lipinski definition) is 4. The van der Waals surface area contributed by atoms with Gasteiger partial charge < -0.3 is 9.47 Å². The minimum atomic E-state index is -0.160. The van der Waals surface area contributed by atoms with Gasteiger partial charge in [0.2, 0.25) is 5.78 Å². The normalized spacial score (nSPS) is 10.3. The Kier molecular flexibility index (Phi) is 4.96. The predicted molar refractivity (Wildman–Crippen MR) is 84.3 cm³/mol. The van der Waals surface area contributed by atoms with E-state index in [0.29, 0.717) is 27.2 Å². The number of pyridine rings is 1. The van der Waals surface area contributed by atoms with Crippen molar-refractivity contribution in [3.8, 4) is 11.5 Å². The Bertz CT molecular complexity index is 671. The third-order valence-electron chi connectivity index (χ3n) is 3.22. The van der Waals surface area contributed by atoms with E-state index in [9.17, 15) is 4.79 Å². The molecular formula is C16H16BrNO3. The second-order valence-electron chi connectivity index (χ2n) is 4.36. The van der Waals surface area contributed by atoms with E-state index in [1.54, 1.807) is 25.4 Å². The molecule has 2 rings (SSSR count). The van der Waals surface area contributed by atoms with Crippen LogP contribution in [0.2, 0.25) is 0 Å². The standard InChI is InChI=1S/C16H16BrNO3/c1-4-10-6-5-9-18-14(10)15(19)11-7-8-12(20-2)13(17)16(11)21-3/h5-9H,4H2,1-3H3. The number of aromatic nitrogens is 1. The van der Waals surface area contributed by atoms with Gasteiger partial charge in [0.1, 0.15) is 21.7 Å². The average molecular weight is 350 g/mol. The van der Waals surface area contributed by atoms with Crippen molar-refractivity contribution in [2.24, 2.45) is 0 Å². The summed E-state index contributed by atoms with van der Waals surface area (Å²) in [6.07, 6.45) is 2.37. The maximum Gasteiger partial charge on any atom is 0.215 e. The smallest absolute Gasteiger partial charge is 0.215 e. The second kappa shape index (κ2) is 6.72. The number of ether oxygens (including phenoxy) is 2. The van der Waals surface area contributed by atoms with Crippen molar-refractivity contribution in [3.63, 3.8) is 0 Å². The Hall–Kier alpha value is -1.88. The van der Waals surface area contributed by atoms with E-state index in [2.05, 4.69) is 20.9 Å². The number of carbonyl (C=O) groups excluding carboxylic acids is 1. The Morgan fingerprint density at radius 3 is 2.62 bits per heavy atom. The molecule has 0 aliphatic rings. The van der Waals surface area contributed by atoms with Crippen molar-refractivity contribution in [1.82, 2.24) is 4.98 Å². The molecule has 1 aromatic carbocycles. The van der Waals surface area contributed by atoms with Crippen molar-refractivity contribution in [3.05, 3.63) is 51.8 Å². The van der Waals surface area contributed by atoms with Crippen LogP contribution in [0.15, 0.2) is 34.9 Å². The highest BCUT2D eigenvalue weighted by Crippen LogP contribution is 2.38. The molecule has 1 heterocycles. The summed E-state index contributed by atoms with van der Waals surface area (Å²) in [4.78, 5) is 17.0. The molecule has 0 saturated carbocycles.